The Morgan fingerprint density at radius 2 is 2.12 bits per heavy atom. The highest BCUT2D eigenvalue weighted by Crippen LogP contribution is 2.21. The van der Waals surface area contributed by atoms with E-state index in [1.165, 1.54) is 5.56 Å². The van der Waals surface area contributed by atoms with Crippen molar-refractivity contribution in [3.8, 4) is 0 Å². The monoisotopic (exact) mass is 324 g/mol. The lowest BCUT2D eigenvalue weighted by atomic mass is 10.1. The number of nitrogens with zero attached hydrogens (tertiary/aromatic N) is 3. The molecule has 1 aliphatic rings. The fourth-order valence-corrected chi connectivity index (χ4v) is 3.15. The van der Waals surface area contributed by atoms with Crippen LogP contribution >= 0.6 is 0 Å². The third-order valence-electron chi connectivity index (χ3n) is 4.33. The van der Waals surface area contributed by atoms with Crippen LogP contribution in [-0.2, 0) is 11.3 Å². The van der Waals surface area contributed by atoms with E-state index in [1.807, 2.05) is 48.5 Å². The van der Waals surface area contributed by atoms with Crippen LogP contribution in [0.3, 0.4) is 0 Å². The first-order valence-corrected chi connectivity index (χ1v) is 8.36. The summed E-state index contributed by atoms with van der Waals surface area (Å²) in [6.07, 6.45) is 3.62. The van der Waals surface area contributed by atoms with Crippen LogP contribution in [0, 0.1) is 0 Å². The highest BCUT2D eigenvalue weighted by molar-refractivity contribution is 5.79. The molecular formula is C19H24N4O. The van der Waals surface area contributed by atoms with Gasteiger partial charge in [0.05, 0.1) is 12.6 Å². The van der Waals surface area contributed by atoms with Crippen molar-refractivity contribution in [1.82, 2.24) is 20.1 Å². The molecule has 0 saturated carbocycles. The molecule has 2 aromatic rings. The molecule has 5 heteroatoms. The standard InChI is InChI=1S/C19H24N4O/c1-22(14-16-6-3-2-4-7-16)15-19(24)23-11-10-21-13-18(23)17-8-5-9-20-12-17/h2-9,12,18,21H,10-11,13-15H2,1H3. The number of hydrogen-bond donors (Lipinski definition) is 1. The van der Waals surface area contributed by atoms with Gasteiger partial charge in [-0.3, -0.25) is 14.7 Å². The van der Waals surface area contributed by atoms with Crippen molar-refractivity contribution in [3.05, 3.63) is 66.0 Å². The molecule has 1 unspecified atom stereocenters. The number of rotatable bonds is 5. The van der Waals surface area contributed by atoms with Crippen LogP contribution in [0.15, 0.2) is 54.9 Å². The van der Waals surface area contributed by atoms with Crippen LogP contribution in [0.5, 0.6) is 0 Å². The third kappa shape index (κ3) is 4.19. The van der Waals surface area contributed by atoms with E-state index in [1.54, 1.807) is 6.20 Å². The maximum atomic E-state index is 12.8. The summed E-state index contributed by atoms with van der Waals surface area (Å²) in [5.74, 6) is 0.170. The second-order valence-corrected chi connectivity index (χ2v) is 6.25. The molecule has 0 bridgehead atoms. The van der Waals surface area contributed by atoms with Crippen LogP contribution in [0.4, 0.5) is 0 Å². The van der Waals surface area contributed by atoms with Gasteiger partial charge < -0.3 is 10.2 Å². The first-order chi connectivity index (χ1) is 11.7. The Morgan fingerprint density at radius 3 is 2.88 bits per heavy atom. The van der Waals surface area contributed by atoms with Crippen LogP contribution in [0.25, 0.3) is 0 Å². The van der Waals surface area contributed by atoms with Crippen molar-refractivity contribution in [1.29, 1.82) is 0 Å². The largest absolute Gasteiger partial charge is 0.332 e. The molecule has 1 N–H and O–H groups in total. The van der Waals surface area contributed by atoms with Crippen molar-refractivity contribution in [3.63, 3.8) is 0 Å². The molecule has 5 nitrogen and oxygen atoms in total. The van der Waals surface area contributed by atoms with Crippen molar-refractivity contribution in [2.45, 2.75) is 12.6 Å². The van der Waals surface area contributed by atoms with Crippen molar-refractivity contribution < 1.29 is 4.79 Å². The van der Waals surface area contributed by atoms with E-state index in [2.05, 4.69) is 27.3 Å². The third-order valence-corrected chi connectivity index (χ3v) is 4.33. The Balaban J connectivity index is 1.64. The van der Waals surface area contributed by atoms with Gasteiger partial charge in [-0.25, -0.2) is 0 Å². The summed E-state index contributed by atoms with van der Waals surface area (Å²) in [6, 6.07) is 14.3. The topological polar surface area (TPSA) is 48.5 Å². The lowest BCUT2D eigenvalue weighted by Gasteiger charge is -2.37. The second kappa shape index (κ2) is 8.04. The van der Waals surface area contributed by atoms with Gasteiger partial charge >= 0.3 is 0 Å². The van der Waals surface area contributed by atoms with Gasteiger partial charge in [-0.2, -0.15) is 0 Å². The summed E-state index contributed by atoms with van der Waals surface area (Å²) in [5, 5.41) is 3.38. The molecule has 1 saturated heterocycles. The summed E-state index contributed by atoms with van der Waals surface area (Å²) in [5.41, 5.74) is 2.31. The summed E-state index contributed by atoms with van der Waals surface area (Å²) < 4.78 is 0. The minimum Gasteiger partial charge on any atom is -0.332 e. The van der Waals surface area contributed by atoms with E-state index in [-0.39, 0.29) is 11.9 Å². The van der Waals surface area contributed by atoms with Gasteiger partial charge in [-0.05, 0) is 24.2 Å². The predicted octanol–water partition coefficient (Wildman–Crippen LogP) is 1.69. The number of benzene rings is 1. The quantitative estimate of drug-likeness (QED) is 0.909. The van der Waals surface area contributed by atoms with E-state index < -0.39 is 0 Å². The molecule has 1 aliphatic heterocycles. The molecule has 24 heavy (non-hydrogen) atoms. The van der Waals surface area contributed by atoms with Gasteiger partial charge in [0.2, 0.25) is 5.91 Å². The number of nitrogens with one attached hydrogen (secondary N) is 1. The smallest absolute Gasteiger partial charge is 0.237 e. The van der Waals surface area contributed by atoms with Gasteiger partial charge in [0, 0.05) is 38.6 Å². The number of hydrogen-bond acceptors (Lipinski definition) is 4. The Morgan fingerprint density at radius 1 is 1.29 bits per heavy atom. The van der Waals surface area contributed by atoms with E-state index in [9.17, 15) is 4.79 Å². The normalized spacial score (nSPS) is 17.9. The molecule has 126 valence electrons. The SMILES string of the molecule is CN(CC(=O)N1CCNCC1c1cccnc1)Cc1ccccc1. The molecule has 0 radical (unpaired) electrons. The Kier molecular flexibility index (Phi) is 5.56. The van der Waals surface area contributed by atoms with E-state index in [0.29, 0.717) is 6.54 Å². The highest BCUT2D eigenvalue weighted by atomic mass is 16.2. The number of carbonyl (C=O) groups is 1. The summed E-state index contributed by atoms with van der Waals surface area (Å²) in [6.45, 7) is 3.55. The number of aromatic nitrogens is 1. The van der Waals surface area contributed by atoms with E-state index in [4.69, 9.17) is 0 Å². The minimum absolute atomic E-state index is 0.0603. The molecule has 0 spiro atoms. The van der Waals surface area contributed by atoms with Crippen molar-refractivity contribution >= 4 is 5.91 Å². The van der Waals surface area contributed by atoms with Crippen LogP contribution < -0.4 is 5.32 Å². The molecule has 1 aromatic carbocycles. The Hall–Kier alpha value is -2.24. The molecular weight excluding hydrogens is 300 g/mol. The molecule has 1 atom stereocenters. The first kappa shape index (κ1) is 16.6. The highest BCUT2D eigenvalue weighted by Gasteiger charge is 2.28. The summed E-state index contributed by atoms with van der Waals surface area (Å²) >= 11 is 0. The van der Waals surface area contributed by atoms with E-state index in [0.717, 1.165) is 31.7 Å². The fraction of sp³-hybridized carbons (Fsp3) is 0.368. The zero-order valence-corrected chi connectivity index (χ0v) is 14.1. The number of carbonyl (C=O) groups excluding carboxylic acids is 1. The second-order valence-electron chi connectivity index (χ2n) is 6.25. The number of piperazine rings is 1. The average Bonchev–Trinajstić information content (AvgIpc) is 2.63. The number of pyridine rings is 1. The maximum absolute atomic E-state index is 12.8. The van der Waals surface area contributed by atoms with Gasteiger partial charge in [-0.1, -0.05) is 36.4 Å². The number of likely N-dealkylation sites (N-methyl/N-ethyl adjacent to an activating group) is 1. The zero-order chi connectivity index (χ0) is 16.8. The molecule has 1 fully saturated rings. The van der Waals surface area contributed by atoms with Gasteiger partial charge in [-0.15, -0.1) is 0 Å². The van der Waals surface area contributed by atoms with Crippen molar-refractivity contribution in [2.24, 2.45) is 0 Å². The fourth-order valence-electron chi connectivity index (χ4n) is 3.15. The minimum atomic E-state index is 0.0603. The maximum Gasteiger partial charge on any atom is 0.237 e. The van der Waals surface area contributed by atoms with E-state index >= 15 is 0 Å². The Bertz CT molecular complexity index is 647. The predicted molar refractivity (Wildman–Crippen MR) is 94.3 cm³/mol. The van der Waals surface area contributed by atoms with Gasteiger partial charge in [0.1, 0.15) is 0 Å². The summed E-state index contributed by atoms with van der Waals surface area (Å²) in [4.78, 5) is 21.1. The first-order valence-electron chi connectivity index (χ1n) is 8.36. The lowest BCUT2D eigenvalue weighted by Crippen LogP contribution is -2.51. The van der Waals surface area contributed by atoms with Gasteiger partial charge in [0.15, 0.2) is 0 Å². The summed E-state index contributed by atoms with van der Waals surface area (Å²) in [7, 11) is 1.99. The Labute approximate surface area is 143 Å². The molecule has 2 heterocycles. The van der Waals surface area contributed by atoms with Gasteiger partial charge in [0.25, 0.3) is 0 Å². The van der Waals surface area contributed by atoms with Crippen LogP contribution in [-0.4, -0.2) is 53.9 Å². The molecule has 1 aromatic heterocycles. The van der Waals surface area contributed by atoms with Crippen LogP contribution in [0.1, 0.15) is 17.2 Å². The molecule has 0 aliphatic carbocycles. The van der Waals surface area contributed by atoms with Crippen LogP contribution in [0.2, 0.25) is 0 Å². The number of amides is 1. The molecule has 3 rings (SSSR count). The molecule has 1 amide bonds. The average molecular weight is 324 g/mol. The lowest BCUT2D eigenvalue weighted by molar-refractivity contribution is -0.135. The van der Waals surface area contributed by atoms with Crippen molar-refractivity contribution in [2.75, 3.05) is 33.2 Å². The zero-order valence-electron chi connectivity index (χ0n) is 14.1.